The fourth-order valence-corrected chi connectivity index (χ4v) is 3.02. The summed E-state index contributed by atoms with van der Waals surface area (Å²) in [4.78, 5) is 47.3. The number of alkyl carbamates (subject to hydrolysis) is 1. The number of ether oxygens (including phenoxy) is 1. The molecular weight excluding hydrogens is 388 g/mol. The van der Waals surface area contributed by atoms with Gasteiger partial charge in [-0.05, 0) is 22.8 Å². The number of anilines is 1. The molecule has 30 heavy (non-hydrogen) atoms. The van der Waals surface area contributed by atoms with Gasteiger partial charge in [-0.1, -0.05) is 42.5 Å². The van der Waals surface area contributed by atoms with E-state index in [4.69, 9.17) is 10.5 Å². The van der Waals surface area contributed by atoms with Gasteiger partial charge < -0.3 is 26.4 Å². The van der Waals surface area contributed by atoms with E-state index in [1.165, 1.54) is 0 Å². The number of carbonyl (C=O) groups is 4. The molecular formula is C21H22N4O5. The van der Waals surface area contributed by atoms with Crippen LogP contribution in [0.4, 0.5) is 10.5 Å². The molecule has 2 aromatic rings. The molecule has 4 amide bonds. The van der Waals surface area contributed by atoms with Crippen molar-refractivity contribution in [2.24, 2.45) is 5.73 Å². The fraction of sp³-hybridized carbons (Fsp3) is 0.238. The smallest absolute Gasteiger partial charge is 0.408 e. The molecule has 0 saturated heterocycles. The highest BCUT2D eigenvalue weighted by atomic mass is 16.5. The summed E-state index contributed by atoms with van der Waals surface area (Å²) >= 11 is 0. The summed E-state index contributed by atoms with van der Waals surface area (Å²) in [5.74, 6) is -1.38. The number of fused-ring (bicyclic) bond motifs is 1. The van der Waals surface area contributed by atoms with Crippen molar-refractivity contribution in [3.63, 3.8) is 0 Å². The van der Waals surface area contributed by atoms with E-state index in [2.05, 4.69) is 16.0 Å². The van der Waals surface area contributed by atoms with Crippen LogP contribution in [-0.4, -0.2) is 29.9 Å². The summed E-state index contributed by atoms with van der Waals surface area (Å²) in [7, 11) is 0. The Hall–Kier alpha value is -3.88. The maximum Gasteiger partial charge on any atom is 0.408 e. The first-order chi connectivity index (χ1) is 14.4. The molecule has 1 unspecified atom stereocenters. The van der Waals surface area contributed by atoms with Crippen LogP contribution in [0.2, 0.25) is 0 Å². The number of nitrogens with one attached hydrogen (secondary N) is 3. The number of primary amides is 1. The highest BCUT2D eigenvalue weighted by molar-refractivity contribution is 5.99. The van der Waals surface area contributed by atoms with Crippen LogP contribution in [0.1, 0.15) is 23.1 Å². The van der Waals surface area contributed by atoms with Crippen LogP contribution in [0, 0.1) is 0 Å². The number of nitrogens with two attached hydrogens (primary N) is 1. The summed E-state index contributed by atoms with van der Waals surface area (Å²) in [5, 5.41) is 7.77. The molecule has 5 N–H and O–H groups in total. The lowest BCUT2D eigenvalue weighted by Gasteiger charge is -2.17. The summed E-state index contributed by atoms with van der Waals surface area (Å²) in [6.07, 6.45) is -0.909. The molecule has 3 rings (SSSR count). The quantitative estimate of drug-likeness (QED) is 0.513. The lowest BCUT2D eigenvalue weighted by Crippen LogP contribution is -2.48. The number of rotatable bonds is 8. The highest BCUT2D eigenvalue weighted by Crippen LogP contribution is 2.23. The zero-order chi connectivity index (χ0) is 21.5. The van der Waals surface area contributed by atoms with Crippen molar-refractivity contribution in [1.29, 1.82) is 0 Å². The molecule has 0 bridgehead atoms. The van der Waals surface area contributed by atoms with Crippen molar-refractivity contribution in [3.05, 3.63) is 65.2 Å². The molecule has 156 valence electrons. The third-order valence-electron chi connectivity index (χ3n) is 4.49. The molecule has 9 heteroatoms. The van der Waals surface area contributed by atoms with Crippen LogP contribution in [0.3, 0.4) is 0 Å². The zero-order valence-electron chi connectivity index (χ0n) is 16.1. The number of carbonyl (C=O) groups excluding carboxylic acids is 4. The van der Waals surface area contributed by atoms with Crippen molar-refractivity contribution in [3.8, 4) is 0 Å². The first kappa shape index (κ1) is 20.8. The van der Waals surface area contributed by atoms with Crippen LogP contribution < -0.4 is 21.7 Å². The average Bonchev–Trinajstić information content (AvgIpc) is 3.09. The number of benzene rings is 2. The molecule has 0 aliphatic carbocycles. The number of hydrogen-bond acceptors (Lipinski definition) is 5. The first-order valence-electron chi connectivity index (χ1n) is 9.35. The molecule has 0 radical (unpaired) electrons. The second kappa shape index (κ2) is 9.55. The van der Waals surface area contributed by atoms with Crippen molar-refractivity contribution >= 4 is 29.5 Å². The van der Waals surface area contributed by atoms with Crippen molar-refractivity contribution in [2.75, 3.05) is 5.32 Å². The molecule has 0 fully saturated rings. The lowest BCUT2D eigenvalue weighted by molar-refractivity contribution is -0.127. The molecule has 1 aliphatic rings. The minimum absolute atomic E-state index is 0.0272. The van der Waals surface area contributed by atoms with Gasteiger partial charge in [0.05, 0.1) is 12.8 Å². The van der Waals surface area contributed by atoms with Crippen LogP contribution in [0.15, 0.2) is 48.5 Å². The second-order valence-corrected chi connectivity index (χ2v) is 6.86. The largest absolute Gasteiger partial charge is 0.445 e. The van der Waals surface area contributed by atoms with Gasteiger partial charge >= 0.3 is 6.09 Å². The SMILES string of the molecule is NC(=O)CC(NC(=O)OCc1ccccc1)C(=O)NCc1ccc2c(c1)CC(=O)N2. The van der Waals surface area contributed by atoms with Gasteiger partial charge in [0, 0.05) is 12.2 Å². The van der Waals surface area contributed by atoms with E-state index < -0.39 is 23.9 Å². The molecule has 1 aliphatic heterocycles. The topological polar surface area (TPSA) is 140 Å². The highest BCUT2D eigenvalue weighted by Gasteiger charge is 2.24. The van der Waals surface area contributed by atoms with Crippen LogP contribution >= 0.6 is 0 Å². The van der Waals surface area contributed by atoms with Gasteiger partial charge in [-0.3, -0.25) is 14.4 Å². The van der Waals surface area contributed by atoms with Gasteiger partial charge in [-0.25, -0.2) is 4.79 Å². The van der Waals surface area contributed by atoms with E-state index in [0.29, 0.717) is 0 Å². The molecule has 9 nitrogen and oxygen atoms in total. The Balaban J connectivity index is 1.54. The van der Waals surface area contributed by atoms with Gasteiger partial charge in [0.15, 0.2) is 0 Å². The third kappa shape index (κ3) is 5.81. The van der Waals surface area contributed by atoms with Crippen LogP contribution in [0.5, 0.6) is 0 Å². The maximum atomic E-state index is 12.5. The van der Waals surface area contributed by atoms with Gasteiger partial charge in [0.1, 0.15) is 12.6 Å². The van der Waals surface area contributed by atoms with Gasteiger partial charge in [-0.15, -0.1) is 0 Å². The normalized spacial score (nSPS) is 13.0. The molecule has 0 aromatic heterocycles. The predicted molar refractivity (Wildman–Crippen MR) is 108 cm³/mol. The van der Waals surface area contributed by atoms with Gasteiger partial charge in [-0.2, -0.15) is 0 Å². The molecule has 0 spiro atoms. The van der Waals surface area contributed by atoms with E-state index in [-0.39, 0.29) is 31.9 Å². The van der Waals surface area contributed by atoms with Gasteiger partial charge in [0.2, 0.25) is 17.7 Å². The van der Waals surface area contributed by atoms with E-state index >= 15 is 0 Å². The van der Waals surface area contributed by atoms with Crippen molar-refractivity contribution in [2.45, 2.75) is 32.0 Å². The predicted octanol–water partition coefficient (Wildman–Crippen LogP) is 0.968. The van der Waals surface area contributed by atoms with Crippen LogP contribution in [-0.2, 0) is 38.7 Å². The number of amides is 4. The average molecular weight is 410 g/mol. The summed E-state index contributed by atoms with van der Waals surface area (Å²) in [6.45, 7) is 0.190. The molecule has 1 atom stereocenters. The zero-order valence-corrected chi connectivity index (χ0v) is 16.1. The van der Waals surface area contributed by atoms with E-state index in [0.717, 1.165) is 22.4 Å². The molecule has 0 saturated carbocycles. The Labute approximate surface area is 173 Å². The van der Waals surface area contributed by atoms with E-state index in [1.807, 2.05) is 24.3 Å². The number of hydrogen-bond donors (Lipinski definition) is 4. The second-order valence-electron chi connectivity index (χ2n) is 6.86. The monoisotopic (exact) mass is 410 g/mol. The first-order valence-corrected chi connectivity index (χ1v) is 9.35. The van der Waals surface area contributed by atoms with Gasteiger partial charge in [0.25, 0.3) is 0 Å². The van der Waals surface area contributed by atoms with Crippen molar-refractivity contribution in [1.82, 2.24) is 10.6 Å². The maximum absolute atomic E-state index is 12.5. The van der Waals surface area contributed by atoms with Crippen LogP contribution in [0.25, 0.3) is 0 Å². The van der Waals surface area contributed by atoms with E-state index in [9.17, 15) is 19.2 Å². The third-order valence-corrected chi connectivity index (χ3v) is 4.49. The van der Waals surface area contributed by atoms with Crippen molar-refractivity contribution < 1.29 is 23.9 Å². The molecule has 1 heterocycles. The summed E-state index contributed by atoms with van der Waals surface area (Å²) in [5.41, 5.74) is 8.37. The summed E-state index contributed by atoms with van der Waals surface area (Å²) in [6, 6.07) is 13.2. The standard InChI is InChI=1S/C21H22N4O5/c22-18(26)10-17(25-21(29)30-12-13-4-2-1-3-5-13)20(28)23-11-14-6-7-16-15(8-14)9-19(27)24-16/h1-8,17H,9-12H2,(H2,22,26)(H,23,28)(H,24,27)(H,25,29). The minimum Gasteiger partial charge on any atom is -0.445 e. The van der Waals surface area contributed by atoms with E-state index in [1.54, 1.807) is 24.3 Å². The Morgan fingerprint density at radius 3 is 2.60 bits per heavy atom. The Morgan fingerprint density at radius 2 is 1.87 bits per heavy atom. The Bertz CT molecular complexity index is 961. The fourth-order valence-electron chi connectivity index (χ4n) is 3.02. The minimum atomic E-state index is -1.16. The lowest BCUT2D eigenvalue weighted by atomic mass is 10.1. The molecule has 2 aromatic carbocycles. The summed E-state index contributed by atoms with van der Waals surface area (Å²) < 4.78 is 5.09. The Morgan fingerprint density at radius 1 is 1.10 bits per heavy atom. The Kier molecular flexibility index (Phi) is 6.63.